The van der Waals surface area contributed by atoms with E-state index in [0.29, 0.717) is 0 Å². The first-order valence-corrected chi connectivity index (χ1v) is 4.55. The van der Waals surface area contributed by atoms with Gasteiger partial charge in [0.05, 0.1) is 6.21 Å². The molecule has 2 aromatic rings. The number of nitrogens with zero attached hydrogens (tertiary/aromatic N) is 1. The molecule has 3 nitrogen and oxygen atoms in total. The summed E-state index contributed by atoms with van der Waals surface area (Å²) in [5.41, 5.74) is 1.88. The van der Waals surface area contributed by atoms with Gasteiger partial charge in [0, 0.05) is 27.1 Å². The zero-order chi connectivity index (χ0) is 9.26. The van der Waals surface area contributed by atoms with Gasteiger partial charge in [0.1, 0.15) is 0 Å². The highest BCUT2D eigenvalue weighted by atomic mass is 79.9. The second kappa shape index (κ2) is 3.22. The van der Waals surface area contributed by atoms with Crippen LogP contribution in [-0.4, -0.2) is 16.4 Å². The Balaban J connectivity index is 2.78. The zero-order valence-electron chi connectivity index (χ0n) is 6.66. The molecule has 66 valence electrons. The topological polar surface area (TPSA) is 48.4 Å². The van der Waals surface area contributed by atoms with Crippen molar-refractivity contribution in [1.29, 1.82) is 0 Å². The van der Waals surface area contributed by atoms with Crippen LogP contribution in [0.4, 0.5) is 0 Å². The first-order chi connectivity index (χ1) is 6.33. The number of aromatic amines is 1. The number of oxime groups is 1. The van der Waals surface area contributed by atoms with Crippen LogP contribution in [0.5, 0.6) is 0 Å². The number of H-pyrrole nitrogens is 1. The molecule has 0 atom stereocenters. The Hall–Kier alpha value is -1.29. The lowest BCUT2D eigenvalue weighted by Gasteiger charge is -1.94. The van der Waals surface area contributed by atoms with Gasteiger partial charge >= 0.3 is 0 Å². The summed E-state index contributed by atoms with van der Waals surface area (Å²) in [4.78, 5) is 3.08. The van der Waals surface area contributed by atoms with E-state index in [-0.39, 0.29) is 0 Å². The smallest absolute Gasteiger partial charge is 0.0755 e. The normalized spacial score (nSPS) is 11.5. The van der Waals surface area contributed by atoms with Crippen molar-refractivity contribution in [2.24, 2.45) is 5.16 Å². The van der Waals surface area contributed by atoms with Gasteiger partial charge in [-0.2, -0.15) is 0 Å². The minimum absolute atomic E-state index is 0.866. The second-order valence-electron chi connectivity index (χ2n) is 2.65. The SMILES string of the molecule is O/N=C\c1c[nH]c2cccc(Br)c12. The van der Waals surface area contributed by atoms with Gasteiger partial charge in [0.2, 0.25) is 0 Å². The van der Waals surface area contributed by atoms with Gasteiger partial charge in [0.15, 0.2) is 0 Å². The lowest BCUT2D eigenvalue weighted by Crippen LogP contribution is -1.77. The van der Waals surface area contributed by atoms with Gasteiger partial charge in [0.25, 0.3) is 0 Å². The van der Waals surface area contributed by atoms with Crippen LogP contribution in [0.3, 0.4) is 0 Å². The fourth-order valence-corrected chi connectivity index (χ4v) is 1.92. The standard InChI is InChI=1S/C9H7BrN2O/c10-7-2-1-3-8-9(7)6(4-11-8)5-12-13/h1-5,11,13H/b12-5-. The summed E-state index contributed by atoms with van der Waals surface area (Å²) in [5.74, 6) is 0. The van der Waals surface area contributed by atoms with E-state index in [2.05, 4.69) is 26.1 Å². The van der Waals surface area contributed by atoms with E-state index in [4.69, 9.17) is 5.21 Å². The van der Waals surface area contributed by atoms with Crippen molar-refractivity contribution < 1.29 is 5.21 Å². The molecule has 2 rings (SSSR count). The largest absolute Gasteiger partial charge is 0.411 e. The van der Waals surface area contributed by atoms with E-state index in [1.54, 1.807) is 6.20 Å². The van der Waals surface area contributed by atoms with Crippen molar-refractivity contribution in [3.8, 4) is 0 Å². The van der Waals surface area contributed by atoms with Gasteiger partial charge in [-0.1, -0.05) is 27.2 Å². The Morgan fingerprint density at radius 2 is 2.31 bits per heavy atom. The molecule has 1 aromatic carbocycles. The molecule has 1 aromatic heterocycles. The van der Waals surface area contributed by atoms with Gasteiger partial charge in [-0.05, 0) is 12.1 Å². The van der Waals surface area contributed by atoms with E-state index >= 15 is 0 Å². The number of fused-ring (bicyclic) bond motifs is 1. The summed E-state index contributed by atoms with van der Waals surface area (Å²) in [6.07, 6.45) is 3.21. The van der Waals surface area contributed by atoms with Gasteiger partial charge in [-0.15, -0.1) is 0 Å². The number of nitrogens with one attached hydrogen (secondary N) is 1. The van der Waals surface area contributed by atoms with Gasteiger partial charge < -0.3 is 10.2 Å². The van der Waals surface area contributed by atoms with Crippen molar-refractivity contribution in [2.75, 3.05) is 0 Å². The minimum Gasteiger partial charge on any atom is -0.411 e. The fourth-order valence-electron chi connectivity index (χ4n) is 1.33. The summed E-state index contributed by atoms with van der Waals surface area (Å²) >= 11 is 3.43. The van der Waals surface area contributed by atoms with E-state index in [1.165, 1.54) is 6.21 Å². The Bertz CT molecular complexity index is 462. The predicted octanol–water partition coefficient (Wildman–Crippen LogP) is 2.74. The number of aromatic nitrogens is 1. The molecule has 2 N–H and O–H groups in total. The maximum absolute atomic E-state index is 8.43. The van der Waals surface area contributed by atoms with Crippen molar-refractivity contribution in [3.05, 3.63) is 34.4 Å². The molecule has 0 radical (unpaired) electrons. The molecular formula is C9H7BrN2O. The van der Waals surface area contributed by atoms with Crippen molar-refractivity contribution in [1.82, 2.24) is 4.98 Å². The van der Waals surface area contributed by atoms with Gasteiger partial charge in [-0.3, -0.25) is 0 Å². The number of halogens is 1. The van der Waals surface area contributed by atoms with Crippen LogP contribution in [-0.2, 0) is 0 Å². The third kappa shape index (κ3) is 1.33. The zero-order valence-corrected chi connectivity index (χ0v) is 8.25. The lowest BCUT2D eigenvalue weighted by atomic mass is 10.2. The third-order valence-electron chi connectivity index (χ3n) is 1.88. The second-order valence-corrected chi connectivity index (χ2v) is 3.51. The molecule has 0 bridgehead atoms. The molecule has 0 aliphatic carbocycles. The maximum Gasteiger partial charge on any atom is 0.0755 e. The van der Waals surface area contributed by atoms with Crippen LogP contribution in [0.2, 0.25) is 0 Å². The molecule has 4 heteroatoms. The van der Waals surface area contributed by atoms with Gasteiger partial charge in [-0.25, -0.2) is 0 Å². The van der Waals surface area contributed by atoms with E-state index in [9.17, 15) is 0 Å². The monoisotopic (exact) mass is 238 g/mol. The minimum atomic E-state index is 0.866. The lowest BCUT2D eigenvalue weighted by molar-refractivity contribution is 0.322. The summed E-state index contributed by atoms with van der Waals surface area (Å²) in [6, 6.07) is 5.86. The maximum atomic E-state index is 8.43. The van der Waals surface area contributed by atoms with E-state index in [0.717, 1.165) is 20.9 Å². The van der Waals surface area contributed by atoms with Crippen LogP contribution in [0.1, 0.15) is 5.56 Å². The number of benzene rings is 1. The highest BCUT2D eigenvalue weighted by molar-refractivity contribution is 9.10. The molecule has 1 heterocycles. The Morgan fingerprint density at radius 3 is 3.08 bits per heavy atom. The van der Waals surface area contributed by atoms with Crippen LogP contribution >= 0.6 is 15.9 Å². The molecule has 0 saturated carbocycles. The fraction of sp³-hybridized carbons (Fsp3) is 0. The summed E-state index contributed by atoms with van der Waals surface area (Å²) in [5, 5.41) is 12.5. The average Bonchev–Trinajstić information content (AvgIpc) is 2.51. The summed E-state index contributed by atoms with van der Waals surface area (Å²) < 4.78 is 0.987. The molecule has 0 unspecified atom stereocenters. The molecule has 0 saturated heterocycles. The Labute approximate surface area is 83.2 Å². The summed E-state index contributed by atoms with van der Waals surface area (Å²) in [7, 11) is 0. The highest BCUT2D eigenvalue weighted by Crippen LogP contribution is 2.25. The Kier molecular flexibility index (Phi) is 2.06. The van der Waals surface area contributed by atoms with Crippen LogP contribution in [0.25, 0.3) is 10.9 Å². The highest BCUT2D eigenvalue weighted by Gasteiger charge is 2.04. The molecule has 0 spiro atoms. The number of hydrogen-bond acceptors (Lipinski definition) is 2. The van der Waals surface area contributed by atoms with Crippen molar-refractivity contribution in [2.45, 2.75) is 0 Å². The van der Waals surface area contributed by atoms with Crippen molar-refractivity contribution >= 4 is 33.0 Å². The predicted molar refractivity (Wildman–Crippen MR) is 55.4 cm³/mol. The first kappa shape index (κ1) is 8.31. The molecule has 0 aliphatic rings. The van der Waals surface area contributed by atoms with E-state index in [1.807, 2.05) is 18.2 Å². The van der Waals surface area contributed by atoms with Crippen LogP contribution in [0.15, 0.2) is 34.0 Å². The average molecular weight is 239 g/mol. The molecule has 13 heavy (non-hydrogen) atoms. The molecule has 0 aliphatic heterocycles. The summed E-state index contributed by atoms with van der Waals surface area (Å²) in [6.45, 7) is 0. The first-order valence-electron chi connectivity index (χ1n) is 3.76. The molecular weight excluding hydrogens is 232 g/mol. The third-order valence-corrected chi connectivity index (χ3v) is 2.54. The number of rotatable bonds is 1. The van der Waals surface area contributed by atoms with Crippen molar-refractivity contribution in [3.63, 3.8) is 0 Å². The number of hydrogen-bond donors (Lipinski definition) is 2. The van der Waals surface area contributed by atoms with Crippen LogP contribution in [0, 0.1) is 0 Å². The quantitative estimate of drug-likeness (QED) is 0.448. The Morgan fingerprint density at radius 1 is 1.46 bits per heavy atom. The molecule has 0 fully saturated rings. The van der Waals surface area contributed by atoms with E-state index < -0.39 is 0 Å². The molecule has 0 amide bonds. The van der Waals surface area contributed by atoms with Crippen LogP contribution < -0.4 is 0 Å².